The van der Waals surface area contributed by atoms with Gasteiger partial charge in [0, 0.05) is 19.3 Å². The number of aromatic nitrogens is 2. The van der Waals surface area contributed by atoms with E-state index in [-0.39, 0.29) is 49.6 Å². The molecule has 1 amide bonds. The molecule has 3 atom stereocenters. The normalized spacial score (nSPS) is 20.0. The molecule has 0 aliphatic heterocycles. The van der Waals surface area contributed by atoms with E-state index in [2.05, 4.69) is 15.3 Å². The summed E-state index contributed by atoms with van der Waals surface area (Å²) in [7, 11) is 0. The number of ether oxygens (including phenoxy) is 1. The largest absolute Gasteiger partial charge is 0.364 e. The summed E-state index contributed by atoms with van der Waals surface area (Å²) in [6.45, 7) is 1.03. The summed E-state index contributed by atoms with van der Waals surface area (Å²) in [5.41, 5.74) is 5.67. The highest BCUT2D eigenvalue weighted by Gasteiger charge is 2.45. The topological polar surface area (TPSA) is 93.0 Å². The molecule has 3 rings (SSSR count). The van der Waals surface area contributed by atoms with Gasteiger partial charge in [0.05, 0.1) is 29.7 Å². The number of carbonyl (C=O) groups excluding carboxylic acids is 1. The minimum absolute atomic E-state index is 0.0572. The van der Waals surface area contributed by atoms with E-state index in [1.165, 1.54) is 0 Å². The highest BCUT2D eigenvalue weighted by molar-refractivity contribution is 5.78. The Kier molecular flexibility index (Phi) is 7.09. The number of alkyl halides is 5. The molecule has 0 spiro atoms. The van der Waals surface area contributed by atoms with Crippen LogP contribution in [0.15, 0.2) is 18.2 Å². The number of nitrogens with one attached hydrogen (secondary N) is 2. The molecule has 1 aromatic heterocycles. The predicted octanol–water partition coefficient (Wildman–Crippen LogP) is 4.19. The van der Waals surface area contributed by atoms with Gasteiger partial charge in [-0.25, -0.2) is 26.9 Å². The lowest BCUT2D eigenvalue weighted by molar-refractivity contribution is -0.142. The summed E-state index contributed by atoms with van der Waals surface area (Å²) < 4.78 is 69.7. The number of hydrogen-bond donors (Lipinski definition) is 3. The third-order valence-corrected chi connectivity index (χ3v) is 5.72. The third kappa shape index (κ3) is 5.55. The van der Waals surface area contributed by atoms with Crippen molar-refractivity contribution in [2.24, 2.45) is 11.7 Å². The fourth-order valence-corrected chi connectivity index (χ4v) is 3.59. The lowest BCUT2D eigenvalue weighted by Gasteiger charge is -2.34. The molecular weight excluding hydrogens is 435 g/mol. The Morgan fingerprint density at radius 2 is 2.09 bits per heavy atom. The summed E-state index contributed by atoms with van der Waals surface area (Å²) in [6, 6.07) is 3.97. The van der Waals surface area contributed by atoms with Crippen LogP contribution in [0, 0.1) is 5.92 Å². The predicted molar refractivity (Wildman–Crippen MR) is 108 cm³/mol. The van der Waals surface area contributed by atoms with Gasteiger partial charge in [-0.1, -0.05) is 6.07 Å². The number of halogens is 5. The maximum Gasteiger partial charge on any atom is 0.269 e. The van der Waals surface area contributed by atoms with Crippen LogP contribution in [0.3, 0.4) is 0 Å². The highest BCUT2D eigenvalue weighted by atomic mass is 19.3. The van der Waals surface area contributed by atoms with Gasteiger partial charge in [-0.2, -0.15) is 0 Å². The highest BCUT2D eigenvalue weighted by Crippen LogP contribution is 2.44. The van der Waals surface area contributed by atoms with E-state index in [0.717, 1.165) is 12.5 Å². The Balaban J connectivity index is 1.60. The van der Waals surface area contributed by atoms with Crippen LogP contribution < -0.4 is 11.1 Å². The maximum atomic E-state index is 12.9. The second-order valence-corrected chi connectivity index (χ2v) is 8.69. The summed E-state index contributed by atoms with van der Waals surface area (Å²) in [4.78, 5) is 19.4. The van der Waals surface area contributed by atoms with Gasteiger partial charge in [0.1, 0.15) is 12.5 Å². The molecule has 0 radical (unpaired) electrons. The molecule has 1 unspecified atom stereocenters. The Morgan fingerprint density at radius 3 is 2.69 bits per heavy atom. The number of aromatic amines is 1. The first-order valence-corrected chi connectivity index (χ1v) is 10.3. The zero-order valence-corrected chi connectivity index (χ0v) is 17.8. The van der Waals surface area contributed by atoms with Crippen LogP contribution in [0.1, 0.15) is 56.6 Å². The van der Waals surface area contributed by atoms with E-state index in [4.69, 9.17) is 10.5 Å². The van der Waals surface area contributed by atoms with Crippen LogP contribution in [0.5, 0.6) is 0 Å². The number of nitrogens with zero attached hydrogens (tertiary/aromatic N) is 1. The van der Waals surface area contributed by atoms with Gasteiger partial charge in [0.25, 0.3) is 6.43 Å². The maximum absolute atomic E-state index is 12.9. The fraction of sp³-hybridized carbons (Fsp3) is 0.619. The first kappa shape index (κ1) is 24.4. The van der Waals surface area contributed by atoms with Gasteiger partial charge >= 0.3 is 0 Å². The number of imidazole rings is 1. The van der Waals surface area contributed by atoms with Crippen LogP contribution in [-0.4, -0.2) is 47.1 Å². The Hall–Kier alpha value is -2.27. The first-order valence-electron chi connectivity index (χ1n) is 10.3. The van der Waals surface area contributed by atoms with Crippen molar-refractivity contribution in [2.45, 2.75) is 63.1 Å². The summed E-state index contributed by atoms with van der Waals surface area (Å²) in [5, 5.41) is 2.80. The average Bonchev–Trinajstić information content (AvgIpc) is 3.13. The molecule has 2 aromatic rings. The minimum Gasteiger partial charge on any atom is -0.364 e. The molecule has 32 heavy (non-hydrogen) atoms. The van der Waals surface area contributed by atoms with Crippen molar-refractivity contribution in [2.75, 3.05) is 13.3 Å². The van der Waals surface area contributed by atoms with Gasteiger partial charge in [-0.15, -0.1) is 0 Å². The van der Waals surface area contributed by atoms with Gasteiger partial charge in [0.2, 0.25) is 11.8 Å². The van der Waals surface area contributed by atoms with Crippen molar-refractivity contribution in [3.63, 3.8) is 0 Å². The molecule has 11 heteroatoms. The molecule has 178 valence electrons. The standard InChI is InChI=1S/C21H27F5N4O2/c1-11(28-17(31)5-12-7-21(25,26)8-12)13-3-4-15-16(6-13)30-18(29-15)14(27)9-32-20(2,10-22)19(23)24/h3-4,6,11-12,14,19H,5,7-10,27H2,1-2H3,(H,28,31)(H,29,30)/t11-,14+,20?/m1/s1. The first-order chi connectivity index (χ1) is 14.9. The molecule has 4 N–H and O–H groups in total. The summed E-state index contributed by atoms with van der Waals surface area (Å²) >= 11 is 0. The second kappa shape index (κ2) is 9.30. The Morgan fingerprint density at radius 1 is 1.41 bits per heavy atom. The zero-order chi connectivity index (χ0) is 23.7. The minimum atomic E-state index is -3.00. The van der Waals surface area contributed by atoms with Crippen LogP contribution in [0.2, 0.25) is 0 Å². The molecule has 1 fully saturated rings. The molecule has 0 saturated heterocycles. The molecule has 0 bridgehead atoms. The van der Waals surface area contributed by atoms with Crippen LogP contribution in [-0.2, 0) is 9.53 Å². The van der Waals surface area contributed by atoms with Gasteiger partial charge in [-0.3, -0.25) is 4.79 Å². The molecule has 1 aromatic carbocycles. The summed E-state index contributed by atoms with van der Waals surface area (Å²) in [5.74, 6) is -2.97. The number of H-pyrrole nitrogens is 1. The number of hydrogen-bond acceptors (Lipinski definition) is 4. The fourth-order valence-electron chi connectivity index (χ4n) is 3.59. The zero-order valence-electron chi connectivity index (χ0n) is 17.8. The van der Waals surface area contributed by atoms with Gasteiger partial charge in [-0.05, 0) is 37.5 Å². The molecule has 1 heterocycles. The Labute approximate surface area is 182 Å². The van der Waals surface area contributed by atoms with E-state index in [1.54, 1.807) is 25.1 Å². The number of amides is 1. The number of benzene rings is 1. The van der Waals surface area contributed by atoms with Crippen molar-refractivity contribution in [1.29, 1.82) is 0 Å². The van der Waals surface area contributed by atoms with E-state index in [0.29, 0.717) is 11.0 Å². The monoisotopic (exact) mass is 462 g/mol. The third-order valence-electron chi connectivity index (χ3n) is 5.72. The number of rotatable bonds is 10. The van der Waals surface area contributed by atoms with Crippen molar-refractivity contribution in [3.8, 4) is 0 Å². The van der Waals surface area contributed by atoms with Gasteiger partial charge in [0.15, 0.2) is 5.60 Å². The number of carbonyl (C=O) groups is 1. The summed E-state index contributed by atoms with van der Waals surface area (Å²) in [6.07, 6.45) is -3.47. The average molecular weight is 462 g/mol. The van der Waals surface area contributed by atoms with E-state index in [1.807, 2.05) is 0 Å². The molecule has 1 aliphatic rings. The SMILES string of the molecule is C[C@@H](NC(=O)CC1CC(F)(F)C1)c1ccc2nc([C@@H](N)COC(C)(CF)C(F)F)[nH]c2c1. The molecule has 1 saturated carbocycles. The van der Waals surface area contributed by atoms with Crippen LogP contribution >= 0.6 is 0 Å². The van der Waals surface area contributed by atoms with E-state index in [9.17, 15) is 26.7 Å². The van der Waals surface area contributed by atoms with Crippen molar-refractivity contribution < 1.29 is 31.5 Å². The smallest absolute Gasteiger partial charge is 0.269 e. The van der Waals surface area contributed by atoms with Crippen molar-refractivity contribution >= 4 is 16.9 Å². The van der Waals surface area contributed by atoms with Crippen LogP contribution in [0.4, 0.5) is 22.0 Å². The van der Waals surface area contributed by atoms with Crippen molar-refractivity contribution in [1.82, 2.24) is 15.3 Å². The Bertz CT molecular complexity index is 945. The van der Waals surface area contributed by atoms with Crippen LogP contribution in [0.25, 0.3) is 11.0 Å². The lowest BCUT2D eigenvalue weighted by Crippen LogP contribution is -2.41. The lowest BCUT2D eigenvalue weighted by atomic mass is 9.79. The quantitative estimate of drug-likeness (QED) is 0.462. The second-order valence-electron chi connectivity index (χ2n) is 8.69. The molecular formula is C21H27F5N4O2. The van der Waals surface area contributed by atoms with Crippen molar-refractivity contribution in [3.05, 3.63) is 29.6 Å². The van der Waals surface area contributed by atoms with Gasteiger partial charge < -0.3 is 20.8 Å². The molecule has 6 nitrogen and oxygen atoms in total. The van der Waals surface area contributed by atoms with E-state index >= 15 is 0 Å². The number of nitrogens with two attached hydrogens (primary N) is 1. The van der Waals surface area contributed by atoms with E-state index < -0.39 is 30.7 Å². The number of fused-ring (bicyclic) bond motifs is 1. The molecule has 1 aliphatic carbocycles.